The highest BCUT2D eigenvalue weighted by molar-refractivity contribution is 6.33. The molecule has 0 bridgehead atoms. The Labute approximate surface area is 116 Å². The Kier molecular flexibility index (Phi) is 4.17. The monoisotopic (exact) mass is 277 g/mol. The minimum atomic E-state index is -0.290. The van der Waals surface area contributed by atoms with Crippen LogP contribution in [0.1, 0.15) is 17.3 Å². The summed E-state index contributed by atoms with van der Waals surface area (Å²) in [6, 6.07) is 11.4. The van der Waals surface area contributed by atoms with Crippen LogP contribution in [0.5, 0.6) is 0 Å². The molecule has 2 aromatic rings. The zero-order valence-electron chi connectivity index (χ0n) is 10.4. The van der Waals surface area contributed by atoms with E-state index in [9.17, 15) is 9.18 Å². The van der Waals surface area contributed by atoms with Gasteiger partial charge in [0.25, 0.3) is 0 Å². The van der Waals surface area contributed by atoms with Gasteiger partial charge in [-0.25, -0.2) is 4.39 Å². The summed E-state index contributed by atoms with van der Waals surface area (Å²) in [6.07, 6.45) is 0.740. The molecule has 0 N–H and O–H groups in total. The van der Waals surface area contributed by atoms with Crippen molar-refractivity contribution in [3.8, 4) is 0 Å². The van der Waals surface area contributed by atoms with E-state index in [0.29, 0.717) is 17.1 Å². The molecule has 0 fully saturated rings. The second kappa shape index (κ2) is 5.85. The smallest absolute Gasteiger partial charge is 0.153 e. The van der Waals surface area contributed by atoms with Crippen molar-refractivity contribution in [3.63, 3.8) is 0 Å². The average Bonchev–Trinajstić information content (AvgIpc) is 2.42. The van der Waals surface area contributed by atoms with Crippen LogP contribution >= 0.6 is 11.6 Å². The first kappa shape index (κ1) is 13.6. The van der Waals surface area contributed by atoms with E-state index in [0.717, 1.165) is 17.7 Å². The molecule has 0 saturated heterocycles. The van der Waals surface area contributed by atoms with Gasteiger partial charge in [-0.2, -0.15) is 0 Å². The van der Waals surface area contributed by atoms with E-state index < -0.39 is 0 Å². The number of nitrogens with zero attached hydrogens (tertiary/aromatic N) is 1. The highest BCUT2D eigenvalue weighted by Crippen LogP contribution is 2.31. The van der Waals surface area contributed by atoms with Crippen molar-refractivity contribution in [3.05, 3.63) is 58.9 Å². The number of benzene rings is 2. The van der Waals surface area contributed by atoms with Crippen LogP contribution < -0.4 is 4.90 Å². The molecular formula is C15H13ClFNO. The lowest BCUT2D eigenvalue weighted by atomic mass is 10.1. The van der Waals surface area contributed by atoms with Crippen LogP contribution in [0.2, 0.25) is 5.02 Å². The van der Waals surface area contributed by atoms with Crippen LogP contribution in [-0.4, -0.2) is 12.8 Å². The molecule has 0 aromatic heterocycles. The number of anilines is 2. The molecule has 2 aromatic carbocycles. The van der Waals surface area contributed by atoms with Crippen molar-refractivity contribution in [2.24, 2.45) is 0 Å². The summed E-state index contributed by atoms with van der Waals surface area (Å²) in [5.74, 6) is -0.290. The van der Waals surface area contributed by atoms with Crippen LogP contribution in [0, 0.1) is 5.82 Å². The van der Waals surface area contributed by atoms with Crippen LogP contribution in [0.15, 0.2) is 42.5 Å². The third kappa shape index (κ3) is 2.76. The number of carbonyl (C=O) groups excluding carboxylic acids is 1. The fourth-order valence-electron chi connectivity index (χ4n) is 1.99. The van der Waals surface area contributed by atoms with E-state index in [1.165, 1.54) is 12.1 Å². The van der Waals surface area contributed by atoms with Gasteiger partial charge >= 0.3 is 0 Å². The third-order valence-electron chi connectivity index (χ3n) is 2.89. The topological polar surface area (TPSA) is 20.3 Å². The van der Waals surface area contributed by atoms with E-state index in [2.05, 4.69) is 0 Å². The third-order valence-corrected chi connectivity index (χ3v) is 3.22. The number of hydrogen-bond donors (Lipinski definition) is 0. The van der Waals surface area contributed by atoms with E-state index in [4.69, 9.17) is 11.6 Å². The largest absolute Gasteiger partial charge is 0.341 e. The lowest BCUT2D eigenvalue weighted by Gasteiger charge is -2.25. The summed E-state index contributed by atoms with van der Waals surface area (Å²) in [7, 11) is 0. The standard InChI is InChI=1S/C15H13ClFNO/c1-2-18(12-8-6-11(17)7-9-12)15-5-3-4-14(16)13(15)10-19/h3-10H,2H2,1H3. The minimum absolute atomic E-state index is 0.290. The van der Waals surface area contributed by atoms with Crippen molar-refractivity contribution < 1.29 is 9.18 Å². The molecule has 0 saturated carbocycles. The van der Waals surface area contributed by atoms with Crippen LogP contribution in [0.3, 0.4) is 0 Å². The molecule has 2 rings (SSSR count). The molecule has 2 nitrogen and oxygen atoms in total. The Bertz CT molecular complexity index is 583. The number of aldehydes is 1. The summed E-state index contributed by atoms with van der Waals surface area (Å²) >= 11 is 6.03. The van der Waals surface area contributed by atoms with E-state index in [1.54, 1.807) is 24.3 Å². The highest BCUT2D eigenvalue weighted by atomic mass is 35.5. The highest BCUT2D eigenvalue weighted by Gasteiger charge is 2.13. The van der Waals surface area contributed by atoms with Gasteiger partial charge in [0.15, 0.2) is 6.29 Å². The van der Waals surface area contributed by atoms with Gasteiger partial charge in [0.1, 0.15) is 5.82 Å². The quantitative estimate of drug-likeness (QED) is 0.770. The fourth-order valence-corrected chi connectivity index (χ4v) is 2.20. The lowest BCUT2D eigenvalue weighted by molar-refractivity contribution is 0.112. The van der Waals surface area contributed by atoms with Crippen molar-refractivity contribution in [2.45, 2.75) is 6.92 Å². The molecule has 0 aliphatic heterocycles. The number of hydrogen-bond acceptors (Lipinski definition) is 2. The second-order valence-corrected chi connectivity index (χ2v) is 4.42. The van der Waals surface area contributed by atoms with Gasteiger partial charge in [-0.3, -0.25) is 4.79 Å². The number of rotatable bonds is 4. The van der Waals surface area contributed by atoms with Gasteiger partial charge in [0.05, 0.1) is 16.3 Å². The van der Waals surface area contributed by atoms with Gasteiger partial charge in [-0.15, -0.1) is 0 Å². The van der Waals surface area contributed by atoms with Gasteiger partial charge in [-0.05, 0) is 43.3 Å². The molecule has 0 radical (unpaired) electrons. The number of halogens is 2. The molecule has 19 heavy (non-hydrogen) atoms. The van der Waals surface area contributed by atoms with Crippen LogP contribution in [-0.2, 0) is 0 Å². The Balaban J connectivity index is 2.51. The lowest BCUT2D eigenvalue weighted by Crippen LogP contribution is -2.17. The van der Waals surface area contributed by atoms with Crippen LogP contribution in [0.4, 0.5) is 15.8 Å². The fraction of sp³-hybridized carbons (Fsp3) is 0.133. The van der Waals surface area contributed by atoms with Crippen molar-refractivity contribution >= 4 is 29.3 Å². The van der Waals surface area contributed by atoms with Crippen molar-refractivity contribution in [1.29, 1.82) is 0 Å². The maximum atomic E-state index is 13.0. The molecule has 0 spiro atoms. The SMILES string of the molecule is CCN(c1ccc(F)cc1)c1cccc(Cl)c1C=O. The Morgan fingerprint density at radius 3 is 2.47 bits per heavy atom. The predicted molar refractivity (Wildman–Crippen MR) is 75.9 cm³/mol. The van der Waals surface area contributed by atoms with Gasteiger partial charge in [-0.1, -0.05) is 17.7 Å². The maximum Gasteiger partial charge on any atom is 0.153 e. The molecule has 4 heteroatoms. The summed E-state index contributed by atoms with van der Waals surface area (Å²) in [5.41, 5.74) is 1.97. The summed E-state index contributed by atoms with van der Waals surface area (Å²) < 4.78 is 13.0. The molecule has 0 unspecified atom stereocenters. The normalized spacial score (nSPS) is 10.3. The van der Waals surface area contributed by atoms with Crippen molar-refractivity contribution in [2.75, 3.05) is 11.4 Å². The van der Waals surface area contributed by atoms with Gasteiger partial charge < -0.3 is 4.90 Å². The Morgan fingerprint density at radius 1 is 1.21 bits per heavy atom. The van der Waals surface area contributed by atoms with Crippen molar-refractivity contribution in [1.82, 2.24) is 0 Å². The van der Waals surface area contributed by atoms with E-state index in [-0.39, 0.29) is 5.82 Å². The molecule has 98 valence electrons. The zero-order chi connectivity index (χ0) is 13.8. The molecular weight excluding hydrogens is 265 g/mol. The molecule has 0 atom stereocenters. The first-order chi connectivity index (χ1) is 9.17. The summed E-state index contributed by atoms with van der Waals surface area (Å²) in [6.45, 7) is 2.60. The van der Waals surface area contributed by atoms with Gasteiger partial charge in [0, 0.05) is 12.2 Å². The average molecular weight is 278 g/mol. The summed E-state index contributed by atoms with van der Waals surface area (Å²) in [5, 5.41) is 0.410. The first-order valence-electron chi connectivity index (χ1n) is 5.94. The molecule has 0 amide bonds. The van der Waals surface area contributed by atoms with Gasteiger partial charge in [0.2, 0.25) is 0 Å². The zero-order valence-corrected chi connectivity index (χ0v) is 11.2. The second-order valence-electron chi connectivity index (χ2n) is 4.01. The maximum absolute atomic E-state index is 13.0. The minimum Gasteiger partial charge on any atom is -0.341 e. The number of carbonyl (C=O) groups is 1. The van der Waals surface area contributed by atoms with E-state index in [1.807, 2.05) is 17.9 Å². The summed E-state index contributed by atoms with van der Waals surface area (Å²) in [4.78, 5) is 13.1. The molecule has 0 aliphatic rings. The Morgan fingerprint density at radius 2 is 1.89 bits per heavy atom. The molecule has 0 aliphatic carbocycles. The van der Waals surface area contributed by atoms with E-state index >= 15 is 0 Å². The van der Waals surface area contributed by atoms with Crippen LogP contribution in [0.25, 0.3) is 0 Å². The Hall–Kier alpha value is -1.87. The first-order valence-corrected chi connectivity index (χ1v) is 6.32. The molecule has 0 heterocycles. The predicted octanol–water partition coefficient (Wildman–Crippen LogP) is 4.45.